The van der Waals surface area contributed by atoms with Gasteiger partial charge in [-0.05, 0) is 103 Å². The summed E-state index contributed by atoms with van der Waals surface area (Å²) < 4.78 is 59.3. The molecule has 412 valence electrons. The number of ether oxygens (including phenoxy) is 4. The molecule has 0 radical (unpaired) electrons. The fourth-order valence-corrected chi connectivity index (χ4v) is 8.25. The Bertz CT molecular complexity index is 1660. The van der Waals surface area contributed by atoms with Crippen LogP contribution >= 0.6 is 0 Å². The van der Waals surface area contributed by atoms with Gasteiger partial charge < -0.3 is 34.3 Å². The highest BCUT2D eigenvalue weighted by Gasteiger charge is 2.48. The maximum Gasteiger partial charge on any atom is 0.397 e. The fraction of sp³-hybridized carbons (Fsp3) is 0.678. The molecular formula is C59H98O12S. The number of unbranched alkanes of at least 4 members (excludes halogenated alkanes) is 16. The number of esters is 1. The molecule has 72 heavy (non-hydrogen) atoms. The Hall–Kier alpha value is -3.24. The molecule has 0 aromatic rings. The average Bonchev–Trinajstić information content (AvgIpc) is 3.36. The van der Waals surface area contributed by atoms with Crippen molar-refractivity contribution in [1.82, 2.24) is 0 Å². The van der Waals surface area contributed by atoms with Gasteiger partial charge in [-0.1, -0.05) is 194 Å². The molecule has 1 heterocycles. The van der Waals surface area contributed by atoms with E-state index in [-0.39, 0.29) is 19.6 Å². The van der Waals surface area contributed by atoms with Crippen molar-refractivity contribution >= 4 is 16.4 Å². The van der Waals surface area contributed by atoms with Crippen molar-refractivity contribution in [3.63, 3.8) is 0 Å². The van der Waals surface area contributed by atoms with Crippen LogP contribution in [0.25, 0.3) is 0 Å². The highest BCUT2D eigenvalue weighted by atomic mass is 32.3. The lowest BCUT2D eigenvalue weighted by molar-refractivity contribution is -0.301. The maximum absolute atomic E-state index is 12.9. The topological polar surface area (TPSA) is 178 Å². The highest BCUT2D eigenvalue weighted by molar-refractivity contribution is 7.80. The Labute approximate surface area is 437 Å². The second-order valence-electron chi connectivity index (χ2n) is 18.4. The number of allylic oxidation sites excluding steroid dienone is 18. The van der Waals surface area contributed by atoms with Gasteiger partial charge in [-0.25, -0.2) is 4.18 Å². The lowest BCUT2D eigenvalue weighted by Gasteiger charge is -2.41. The van der Waals surface area contributed by atoms with Crippen molar-refractivity contribution in [3.05, 3.63) is 109 Å². The molecule has 4 N–H and O–H groups in total. The maximum atomic E-state index is 12.9. The molecule has 0 spiro atoms. The molecule has 6 atom stereocenters. The van der Waals surface area contributed by atoms with Gasteiger partial charge in [0.25, 0.3) is 0 Å². The zero-order valence-corrected chi connectivity index (χ0v) is 45.3. The second-order valence-corrected chi connectivity index (χ2v) is 19.5. The summed E-state index contributed by atoms with van der Waals surface area (Å²) in [7, 11) is -5.08. The van der Waals surface area contributed by atoms with Crippen LogP contribution < -0.4 is 0 Å². The van der Waals surface area contributed by atoms with Crippen LogP contribution in [0, 0.1) is 0 Å². The predicted octanol–water partition coefficient (Wildman–Crippen LogP) is 13.5. The number of rotatable bonds is 47. The first kappa shape index (κ1) is 66.8. The van der Waals surface area contributed by atoms with Crippen LogP contribution in [0.1, 0.15) is 194 Å². The van der Waals surface area contributed by atoms with Crippen LogP contribution in [0.5, 0.6) is 0 Å². The Kier molecular flexibility index (Phi) is 45.2. The first-order valence-corrected chi connectivity index (χ1v) is 29.0. The largest absolute Gasteiger partial charge is 0.457 e. The van der Waals surface area contributed by atoms with E-state index >= 15 is 0 Å². The number of aliphatic hydroxyl groups is 3. The minimum absolute atomic E-state index is 0.00688. The highest BCUT2D eigenvalue weighted by Crippen LogP contribution is 2.26. The quantitative estimate of drug-likeness (QED) is 0.0197. The summed E-state index contributed by atoms with van der Waals surface area (Å²) in [6, 6.07) is 0. The van der Waals surface area contributed by atoms with Gasteiger partial charge in [0.2, 0.25) is 0 Å². The van der Waals surface area contributed by atoms with Crippen LogP contribution in [0.3, 0.4) is 0 Å². The van der Waals surface area contributed by atoms with E-state index in [2.05, 4.69) is 127 Å². The minimum Gasteiger partial charge on any atom is -0.457 e. The normalized spacial score (nSPS) is 19.8. The molecule has 0 amide bonds. The van der Waals surface area contributed by atoms with Gasteiger partial charge in [0.05, 0.1) is 19.8 Å². The van der Waals surface area contributed by atoms with Crippen LogP contribution in [-0.2, 0) is 38.3 Å². The van der Waals surface area contributed by atoms with Crippen LogP contribution in [0.4, 0.5) is 0 Å². The molecule has 1 fully saturated rings. The van der Waals surface area contributed by atoms with E-state index in [0.717, 1.165) is 89.9 Å². The molecule has 0 aliphatic carbocycles. The second kappa shape index (κ2) is 48.7. The summed E-state index contributed by atoms with van der Waals surface area (Å²) >= 11 is 0. The fourth-order valence-electron chi connectivity index (χ4n) is 7.74. The molecule has 0 saturated carbocycles. The number of hydrogen-bond acceptors (Lipinski definition) is 11. The third kappa shape index (κ3) is 41.1. The standard InChI is InChI=1S/C59H98O12S/c1-3-5-7-9-11-13-15-17-19-21-23-25-26-27-29-31-33-35-37-39-41-43-45-47-49-67-51-53(52-68-59-57(63)58(71-72(64,65)66)56(62)54(50-60)70-59)69-55(61)48-46-44-42-40-38-36-34-32-30-28-24-22-20-18-16-14-12-10-8-6-4-2/h6,8,12,14-15,17-18,20-21,23-24,26-28,32,34,38,40,53-54,56-60,62-63H,3-5,7,9-11,13,16,19,22,25,29-31,33,35-37,39,41-52H2,1-2H3,(H,64,65,66)/b8-6-,14-12-,17-15-,20-18-,23-21-,27-26-,28-24-,34-32-,40-38-. The molecule has 12 nitrogen and oxygen atoms in total. The van der Waals surface area contributed by atoms with E-state index in [9.17, 15) is 33.1 Å². The van der Waals surface area contributed by atoms with Gasteiger partial charge in [0.1, 0.15) is 30.5 Å². The van der Waals surface area contributed by atoms with Crippen molar-refractivity contribution < 1.29 is 56.2 Å². The molecule has 6 unspecified atom stereocenters. The molecule has 1 aliphatic heterocycles. The third-order valence-corrected chi connectivity index (χ3v) is 12.3. The molecular weight excluding hydrogens is 933 g/mol. The van der Waals surface area contributed by atoms with Gasteiger partial charge in [0.15, 0.2) is 6.29 Å². The molecule has 1 aliphatic rings. The summed E-state index contributed by atoms with van der Waals surface area (Å²) in [6.07, 6.45) is 59.8. The first-order chi connectivity index (χ1) is 35.1. The van der Waals surface area contributed by atoms with Crippen molar-refractivity contribution in [2.75, 3.05) is 26.4 Å². The van der Waals surface area contributed by atoms with Crippen molar-refractivity contribution in [2.45, 2.75) is 230 Å². The smallest absolute Gasteiger partial charge is 0.397 e. The SMILES string of the molecule is CC/C=C\C/C=C\C/C=C\C/C=C\C/C=C\C/C=C\CCCCC(=O)OC(COCCCCCCCCCCC/C=C\C/C=C\C/C=C\CCCCCCC)COC1OC(CO)C(O)C(OS(=O)(=O)O)C1O. The predicted molar refractivity (Wildman–Crippen MR) is 294 cm³/mol. The average molecular weight is 1030 g/mol. The summed E-state index contributed by atoms with van der Waals surface area (Å²) in [5.41, 5.74) is 0. The molecule has 0 bridgehead atoms. The lowest BCUT2D eigenvalue weighted by Crippen LogP contribution is -2.60. The Morgan fingerprint density at radius 1 is 0.542 bits per heavy atom. The van der Waals surface area contributed by atoms with E-state index < -0.39 is 59.8 Å². The molecule has 1 saturated heterocycles. The van der Waals surface area contributed by atoms with Gasteiger partial charge in [0, 0.05) is 13.0 Å². The minimum atomic E-state index is -5.08. The van der Waals surface area contributed by atoms with Gasteiger partial charge >= 0.3 is 16.4 Å². The summed E-state index contributed by atoms with van der Waals surface area (Å²) in [5, 5.41) is 30.8. The Morgan fingerprint density at radius 2 is 0.958 bits per heavy atom. The van der Waals surface area contributed by atoms with Crippen molar-refractivity contribution in [3.8, 4) is 0 Å². The number of carbonyl (C=O) groups excluding carboxylic acids is 1. The number of aliphatic hydroxyl groups excluding tert-OH is 3. The molecule has 0 aromatic heterocycles. The summed E-state index contributed by atoms with van der Waals surface area (Å²) in [4.78, 5) is 12.9. The Balaban J connectivity index is 2.38. The van der Waals surface area contributed by atoms with Crippen molar-refractivity contribution in [2.24, 2.45) is 0 Å². The summed E-state index contributed by atoms with van der Waals surface area (Å²) in [6.45, 7) is 3.79. The van der Waals surface area contributed by atoms with Crippen LogP contribution in [-0.4, -0.2) is 97.5 Å². The Morgan fingerprint density at radius 3 is 1.40 bits per heavy atom. The van der Waals surface area contributed by atoms with E-state index in [0.29, 0.717) is 13.0 Å². The molecule has 13 heteroatoms. The van der Waals surface area contributed by atoms with Gasteiger partial charge in [-0.15, -0.1) is 0 Å². The molecule has 0 aromatic carbocycles. The first-order valence-electron chi connectivity index (χ1n) is 27.6. The van der Waals surface area contributed by atoms with E-state index in [1.54, 1.807) is 0 Å². The third-order valence-electron chi connectivity index (χ3n) is 11.9. The van der Waals surface area contributed by atoms with Gasteiger partial charge in [-0.3, -0.25) is 9.35 Å². The van der Waals surface area contributed by atoms with Crippen LogP contribution in [0.15, 0.2) is 109 Å². The van der Waals surface area contributed by atoms with Gasteiger partial charge in [-0.2, -0.15) is 8.42 Å². The zero-order chi connectivity index (χ0) is 52.4. The molecule has 1 rings (SSSR count). The van der Waals surface area contributed by atoms with E-state index in [4.69, 9.17) is 18.9 Å². The number of carbonyl (C=O) groups is 1. The van der Waals surface area contributed by atoms with Crippen LogP contribution in [0.2, 0.25) is 0 Å². The number of hydrogen-bond donors (Lipinski definition) is 4. The summed E-state index contributed by atoms with van der Waals surface area (Å²) in [5.74, 6) is -0.446. The van der Waals surface area contributed by atoms with E-state index in [1.807, 2.05) is 0 Å². The van der Waals surface area contributed by atoms with E-state index in [1.165, 1.54) is 77.0 Å². The van der Waals surface area contributed by atoms with Crippen molar-refractivity contribution in [1.29, 1.82) is 0 Å². The lowest BCUT2D eigenvalue weighted by atomic mass is 9.99. The monoisotopic (exact) mass is 1030 g/mol. The zero-order valence-electron chi connectivity index (χ0n) is 44.4.